The first-order valence-corrected chi connectivity index (χ1v) is 14.4. The molecule has 2 aliphatic rings. The first kappa shape index (κ1) is 26.3. The average molecular weight is 556 g/mol. The molecule has 204 valence electrons. The molecule has 6 nitrogen and oxygen atoms in total. The number of ether oxygens (including phenoxy) is 1. The smallest absolute Gasteiger partial charge is 0.276 e. The highest BCUT2D eigenvalue weighted by Crippen LogP contribution is 2.42. The van der Waals surface area contributed by atoms with Gasteiger partial charge in [0.15, 0.2) is 0 Å². The van der Waals surface area contributed by atoms with Crippen LogP contribution in [0.5, 0.6) is 0 Å². The summed E-state index contributed by atoms with van der Waals surface area (Å²) in [5, 5.41) is 2.74. The fourth-order valence-corrected chi connectivity index (χ4v) is 6.62. The highest BCUT2D eigenvalue weighted by atomic mass is 32.1. The summed E-state index contributed by atoms with van der Waals surface area (Å²) in [5.41, 5.74) is 4.90. The minimum Gasteiger partial charge on any atom is -0.381 e. The molecule has 0 radical (unpaired) electrons. The zero-order chi connectivity index (χ0) is 27.6. The summed E-state index contributed by atoms with van der Waals surface area (Å²) in [5.74, 6) is -0.418. The van der Waals surface area contributed by atoms with Gasteiger partial charge in [0, 0.05) is 35.9 Å². The van der Waals surface area contributed by atoms with Crippen LogP contribution in [0.2, 0.25) is 0 Å². The Morgan fingerprint density at radius 3 is 2.70 bits per heavy atom. The Balaban J connectivity index is 1.26. The molecule has 1 N–H and O–H groups in total. The molecule has 4 heterocycles. The van der Waals surface area contributed by atoms with Crippen molar-refractivity contribution in [3.63, 3.8) is 0 Å². The number of halogens is 1. The van der Waals surface area contributed by atoms with Crippen LogP contribution in [0.25, 0.3) is 10.4 Å². The minimum atomic E-state index is -0.462. The lowest BCUT2D eigenvalue weighted by atomic mass is 9.94. The SMILES string of the molecule is Cc1cccc(F)c1NC(=O)c1cc2c(s1)-c1ccccc1N(C(=O)c1cccc(CC3CCOCC3)n1)CC2. The maximum atomic E-state index is 14.3. The molecular formula is C32H30FN3O3S. The number of carbonyl (C=O) groups excluding carboxylic acids is 2. The number of nitrogens with one attached hydrogen (secondary N) is 1. The highest BCUT2D eigenvalue weighted by Gasteiger charge is 2.28. The van der Waals surface area contributed by atoms with Gasteiger partial charge in [-0.1, -0.05) is 36.4 Å². The van der Waals surface area contributed by atoms with E-state index >= 15 is 0 Å². The maximum absolute atomic E-state index is 14.3. The first-order chi connectivity index (χ1) is 19.5. The van der Waals surface area contributed by atoms with Crippen molar-refractivity contribution in [1.82, 2.24) is 4.98 Å². The van der Waals surface area contributed by atoms with Crippen molar-refractivity contribution in [2.75, 3.05) is 30.0 Å². The molecule has 40 heavy (non-hydrogen) atoms. The van der Waals surface area contributed by atoms with E-state index in [0.717, 1.165) is 59.9 Å². The maximum Gasteiger partial charge on any atom is 0.276 e. The number of amides is 2. The van der Waals surface area contributed by atoms with Crippen molar-refractivity contribution in [1.29, 1.82) is 0 Å². The molecule has 1 fully saturated rings. The molecule has 2 aromatic carbocycles. The van der Waals surface area contributed by atoms with Gasteiger partial charge in [0.1, 0.15) is 11.5 Å². The topological polar surface area (TPSA) is 71.5 Å². The van der Waals surface area contributed by atoms with Crippen molar-refractivity contribution < 1.29 is 18.7 Å². The quantitative estimate of drug-likeness (QED) is 0.298. The van der Waals surface area contributed by atoms with Gasteiger partial charge < -0.3 is 15.0 Å². The lowest BCUT2D eigenvalue weighted by Gasteiger charge is -2.24. The molecule has 2 aromatic heterocycles. The van der Waals surface area contributed by atoms with E-state index in [1.54, 1.807) is 30.0 Å². The molecule has 0 spiro atoms. The van der Waals surface area contributed by atoms with Crippen LogP contribution in [0.1, 0.15) is 49.8 Å². The van der Waals surface area contributed by atoms with E-state index in [-0.39, 0.29) is 17.5 Å². The molecule has 0 unspecified atom stereocenters. The van der Waals surface area contributed by atoms with Crippen LogP contribution in [0.15, 0.2) is 66.7 Å². The van der Waals surface area contributed by atoms with E-state index in [1.165, 1.54) is 17.4 Å². The number of hydrogen-bond acceptors (Lipinski definition) is 5. The third-order valence-electron chi connectivity index (χ3n) is 7.65. The minimum absolute atomic E-state index is 0.135. The second-order valence-corrected chi connectivity index (χ2v) is 11.4. The summed E-state index contributed by atoms with van der Waals surface area (Å²) >= 11 is 1.36. The summed E-state index contributed by atoms with van der Waals surface area (Å²) in [6.45, 7) is 3.78. The van der Waals surface area contributed by atoms with Gasteiger partial charge >= 0.3 is 0 Å². The van der Waals surface area contributed by atoms with E-state index in [0.29, 0.717) is 35.0 Å². The number of fused-ring (bicyclic) bond motifs is 3. The molecule has 1 saturated heterocycles. The molecule has 2 amide bonds. The van der Waals surface area contributed by atoms with Crippen LogP contribution in [0.4, 0.5) is 15.8 Å². The second kappa shape index (κ2) is 11.3. The number of thiophene rings is 1. The lowest BCUT2D eigenvalue weighted by molar-refractivity contribution is 0.0662. The van der Waals surface area contributed by atoms with Crippen molar-refractivity contribution in [2.24, 2.45) is 5.92 Å². The van der Waals surface area contributed by atoms with Crippen LogP contribution in [0.3, 0.4) is 0 Å². The Hall–Kier alpha value is -3.88. The molecule has 8 heteroatoms. The van der Waals surface area contributed by atoms with Gasteiger partial charge in [0.25, 0.3) is 11.8 Å². The Kier molecular flexibility index (Phi) is 7.45. The second-order valence-electron chi connectivity index (χ2n) is 10.3. The average Bonchev–Trinajstić information content (AvgIpc) is 3.34. The highest BCUT2D eigenvalue weighted by molar-refractivity contribution is 7.17. The fourth-order valence-electron chi connectivity index (χ4n) is 5.48. The number of para-hydroxylation sites is 2. The number of pyridine rings is 1. The van der Waals surface area contributed by atoms with Gasteiger partial charge in [-0.25, -0.2) is 9.37 Å². The van der Waals surface area contributed by atoms with E-state index < -0.39 is 5.82 Å². The van der Waals surface area contributed by atoms with Crippen molar-refractivity contribution >= 4 is 34.5 Å². The van der Waals surface area contributed by atoms with Gasteiger partial charge in [0.2, 0.25) is 0 Å². The van der Waals surface area contributed by atoms with Crippen molar-refractivity contribution in [3.8, 4) is 10.4 Å². The molecule has 6 rings (SSSR count). The lowest BCUT2D eigenvalue weighted by Crippen LogP contribution is -2.33. The third kappa shape index (κ3) is 5.29. The zero-order valence-electron chi connectivity index (χ0n) is 22.3. The summed E-state index contributed by atoms with van der Waals surface area (Å²) < 4.78 is 19.8. The monoisotopic (exact) mass is 555 g/mol. The number of anilines is 2. The van der Waals surface area contributed by atoms with Gasteiger partial charge in [-0.15, -0.1) is 11.3 Å². The largest absolute Gasteiger partial charge is 0.381 e. The fraction of sp³-hybridized carbons (Fsp3) is 0.281. The number of rotatable bonds is 5. The van der Waals surface area contributed by atoms with Crippen molar-refractivity contribution in [2.45, 2.75) is 32.6 Å². The third-order valence-corrected chi connectivity index (χ3v) is 8.86. The van der Waals surface area contributed by atoms with E-state index in [9.17, 15) is 14.0 Å². The molecule has 0 saturated carbocycles. The van der Waals surface area contributed by atoms with Crippen LogP contribution in [-0.4, -0.2) is 36.6 Å². The van der Waals surface area contributed by atoms with Gasteiger partial charge in [-0.3, -0.25) is 9.59 Å². The van der Waals surface area contributed by atoms with Crippen molar-refractivity contribution in [3.05, 3.63) is 99.9 Å². The predicted octanol–water partition coefficient (Wildman–Crippen LogP) is 6.68. The summed E-state index contributed by atoms with van der Waals surface area (Å²) in [7, 11) is 0. The van der Waals surface area contributed by atoms with Crippen LogP contribution in [-0.2, 0) is 17.6 Å². The number of benzene rings is 2. The number of nitrogens with zero attached hydrogens (tertiary/aromatic N) is 2. The van der Waals surface area contributed by atoms with Crippen LogP contribution in [0, 0.1) is 18.7 Å². The van der Waals surface area contributed by atoms with Gasteiger partial charge in [-0.05, 0) is 80.0 Å². The molecule has 0 atom stereocenters. The zero-order valence-corrected chi connectivity index (χ0v) is 23.1. The number of hydrogen-bond donors (Lipinski definition) is 1. The van der Waals surface area contributed by atoms with Gasteiger partial charge in [0.05, 0.1) is 16.3 Å². The summed E-state index contributed by atoms with van der Waals surface area (Å²) in [4.78, 5) is 34.9. The summed E-state index contributed by atoms with van der Waals surface area (Å²) in [6.07, 6.45) is 3.46. The first-order valence-electron chi connectivity index (χ1n) is 13.6. The normalized spacial score (nSPS) is 15.2. The molecular weight excluding hydrogens is 525 g/mol. The van der Waals surface area contributed by atoms with Crippen LogP contribution < -0.4 is 10.2 Å². The van der Waals surface area contributed by atoms with E-state index in [2.05, 4.69) is 5.32 Å². The molecule has 4 aromatic rings. The standard InChI is InChI=1S/C32H30FN3O3S/c1-20-6-4-9-25(33)29(20)35-31(37)28-19-22-12-15-36(27-11-3-2-8-24(27)30(22)40-28)32(38)26-10-5-7-23(34-26)18-21-13-16-39-17-14-21/h2-11,19,21H,12-18H2,1H3,(H,35,37). The Bertz CT molecular complexity index is 1560. The number of aryl methyl sites for hydroxylation is 1. The molecule has 2 aliphatic heterocycles. The Morgan fingerprint density at radius 1 is 1.07 bits per heavy atom. The summed E-state index contributed by atoms with van der Waals surface area (Å²) in [6, 6.07) is 20.1. The Labute approximate surface area is 236 Å². The van der Waals surface area contributed by atoms with E-state index in [4.69, 9.17) is 9.72 Å². The van der Waals surface area contributed by atoms with Gasteiger partial charge in [-0.2, -0.15) is 0 Å². The van der Waals surface area contributed by atoms with E-state index in [1.807, 2.05) is 42.5 Å². The number of carbonyl (C=O) groups is 2. The predicted molar refractivity (Wildman–Crippen MR) is 156 cm³/mol. The number of aromatic nitrogens is 1. The Morgan fingerprint density at radius 2 is 1.88 bits per heavy atom. The molecule has 0 bridgehead atoms. The molecule has 0 aliphatic carbocycles. The van der Waals surface area contributed by atoms with Crippen LogP contribution >= 0.6 is 11.3 Å².